The minimum absolute atomic E-state index is 0.145. The van der Waals surface area contributed by atoms with Crippen molar-refractivity contribution in [1.29, 1.82) is 0 Å². The summed E-state index contributed by atoms with van der Waals surface area (Å²) in [5.41, 5.74) is 10.1. The van der Waals surface area contributed by atoms with Crippen LogP contribution in [-0.2, 0) is 24.2 Å². The number of carbonyl (C=O) groups is 1. The number of nitrogen functional groups attached to an aromatic ring is 1. The lowest BCUT2D eigenvalue weighted by Gasteiger charge is -2.29. The summed E-state index contributed by atoms with van der Waals surface area (Å²) in [6.07, 6.45) is 4.70. The number of carbonyl (C=O) groups excluding carboxylic acids is 1. The maximum absolute atomic E-state index is 12.3. The summed E-state index contributed by atoms with van der Waals surface area (Å²) in [6.45, 7) is 1.39. The van der Waals surface area contributed by atoms with E-state index in [4.69, 9.17) is 5.73 Å². The fraction of sp³-hybridized carbons (Fsp3) is 0.250. The molecule has 4 heteroatoms. The highest BCUT2D eigenvalue weighted by Crippen LogP contribution is 2.24. The van der Waals surface area contributed by atoms with E-state index in [1.165, 1.54) is 5.56 Å². The predicted molar refractivity (Wildman–Crippen MR) is 77.9 cm³/mol. The summed E-state index contributed by atoms with van der Waals surface area (Å²) in [5.74, 6) is 0.145. The van der Waals surface area contributed by atoms with E-state index in [9.17, 15) is 4.79 Å². The Kier molecular flexibility index (Phi) is 3.37. The summed E-state index contributed by atoms with van der Waals surface area (Å²) in [6, 6.07) is 9.71. The first kappa shape index (κ1) is 12.7. The molecule has 0 radical (unpaired) electrons. The van der Waals surface area contributed by atoms with Gasteiger partial charge in [0, 0.05) is 31.2 Å². The molecule has 0 saturated carbocycles. The van der Waals surface area contributed by atoms with Crippen LogP contribution in [0.3, 0.4) is 0 Å². The minimum atomic E-state index is 0.145. The molecule has 1 aromatic heterocycles. The van der Waals surface area contributed by atoms with Crippen LogP contribution >= 0.6 is 0 Å². The van der Waals surface area contributed by atoms with E-state index >= 15 is 0 Å². The molecule has 1 aliphatic rings. The first-order valence-electron chi connectivity index (χ1n) is 6.77. The molecule has 3 rings (SSSR count). The average Bonchev–Trinajstić information content (AvgIpc) is 2.48. The number of pyridine rings is 1. The van der Waals surface area contributed by atoms with Crippen LogP contribution in [0.4, 0.5) is 5.69 Å². The molecule has 0 aliphatic carbocycles. The van der Waals surface area contributed by atoms with Gasteiger partial charge in [-0.15, -0.1) is 0 Å². The highest BCUT2D eigenvalue weighted by molar-refractivity contribution is 5.79. The minimum Gasteiger partial charge on any atom is -0.398 e. The molecule has 0 bridgehead atoms. The molecule has 2 N–H and O–H groups in total. The number of nitrogens with two attached hydrogens (primary N) is 1. The lowest BCUT2D eigenvalue weighted by Crippen LogP contribution is -2.37. The molecule has 4 nitrogen and oxygen atoms in total. The molecular weight excluding hydrogens is 250 g/mol. The first-order valence-corrected chi connectivity index (χ1v) is 6.77. The summed E-state index contributed by atoms with van der Waals surface area (Å²) >= 11 is 0. The maximum Gasteiger partial charge on any atom is 0.227 e. The lowest BCUT2D eigenvalue weighted by atomic mass is 9.97. The zero-order chi connectivity index (χ0) is 13.9. The molecule has 102 valence electrons. The highest BCUT2D eigenvalue weighted by atomic mass is 16.2. The predicted octanol–water partition coefficient (Wildman–Crippen LogP) is 1.79. The third-order valence-corrected chi connectivity index (χ3v) is 3.73. The van der Waals surface area contributed by atoms with Gasteiger partial charge in [-0.3, -0.25) is 9.78 Å². The van der Waals surface area contributed by atoms with Crippen LogP contribution in [0.15, 0.2) is 42.7 Å². The smallest absolute Gasteiger partial charge is 0.227 e. The Morgan fingerprint density at radius 2 is 2.20 bits per heavy atom. The number of rotatable bonds is 2. The Morgan fingerprint density at radius 1 is 1.30 bits per heavy atom. The van der Waals surface area contributed by atoms with Crippen molar-refractivity contribution in [2.24, 2.45) is 0 Å². The summed E-state index contributed by atoms with van der Waals surface area (Å²) in [4.78, 5) is 18.3. The van der Waals surface area contributed by atoms with E-state index < -0.39 is 0 Å². The van der Waals surface area contributed by atoms with Gasteiger partial charge >= 0.3 is 0 Å². The van der Waals surface area contributed by atoms with Gasteiger partial charge in [-0.25, -0.2) is 0 Å². The Bertz CT molecular complexity index is 625. The fourth-order valence-corrected chi connectivity index (χ4v) is 2.64. The van der Waals surface area contributed by atoms with Crippen LogP contribution in [0, 0.1) is 0 Å². The Hall–Kier alpha value is -2.36. The summed E-state index contributed by atoms with van der Waals surface area (Å²) in [5, 5.41) is 0. The first-order chi connectivity index (χ1) is 9.74. The van der Waals surface area contributed by atoms with E-state index in [0.717, 1.165) is 29.8 Å². The van der Waals surface area contributed by atoms with Crippen molar-refractivity contribution in [3.63, 3.8) is 0 Å². The Balaban J connectivity index is 1.72. The van der Waals surface area contributed by atoms with Crippen LogP contribution in [0.2, 0.25) is 0 Å². The van der Waals surface area contributed by atoms with E-state index in [1.807, 2.05) is 29.2 Å². The zero-order valence-electron chi connectivity index (χ0n) is 11.2. The van der Waals surface area contributed by atoms with Crippen molar-refractivity contribution in [2.75, 3.05) is 12.3 Å². The number of aromatic nitrogens is 1. The van der Waals surface area contributed by atoms with Crippen LogP contribution in [-0.4, -0.2) is 22.3 Å². The SMILES string of the molecule is Nc1cccc2c1CCN(C(=O)Cc1cccnc1)C2. The van der Waals surface area contributed by atoms with Gasteiger partial charge in [-0.1, -0.05) is 18.2 Å². The normalized spacial score (nSPS) is 13.9. The largest absolute Gasteiger partial charge is 0.398 e. The van der Waals surface area contributed by atoms with Crippen molar-refractivity contribution in [3.8, 4) is 0 Å². The van der Waals surface area contributed by atoms with Gasteiger partial charge in [-0.05, 0) is 35.2 Å². The molecule has 0 saturated heterocycles. The molecule has 20 heavy (non-hydrogen) atoms. The molecule has 1 amide bonds. The van der Waals surface area contributed by atoms with Gasteiger partial charge in [0.25, 0.3) is 0 Å². The number of hydrogen-bond donors (Lipinski definition) is 1. The quantitative estimate of drug-likeness (QED) is 0.844. The summed E-state index contributed by atoms with van der Waals surface area (Å²) in [7, 11) is 0. The lowest BCUT2D eigenvalue weighted by molar-refractivity contribution is -0.131. The highest BCUT2D eigenvalue weighted by Gasteiger charge is 2.21. The van der Waals surface area contributed by atoms with Crippen molar-refractivity contribution < 1.29 is 4.79 Å². The molecule has 0 spiro atoms. The van der Waals surface area contributed by atoms with E-state index in [0.29, 0.717) is 13.0 Å². The van der Waals surface area contributed by atoms with Gasteiger partial charge in [0.1, 0.15) is 0 Å². The number of nitrogens with zero attached hydrogens (tertiary/aromatic N) is 2. The van der Waals surface area contributed by atoms with E-state index in [2.05, 4.69) is 11.1 Å². The zero-order valence-corrected chi connectivity index (χ0v) is 11.2. The molecular formula is C16H17N3O. The van der Waals surface area contributed by atoms with Gasteiger partial charge in [0.15, 0.2) is 0 Å². The molecule has 0 atom stereocenters. The van der Waals surface area contributed by atoms with Gasteiger partial charge in [0.05, 0.1) is 6.42 Å². The van der Waals surface area contributed by atoms with Crippen LogP contribution in [0.1, 0.15) is 16.7 Å². The number of anilines is 1. The van der Waals surface area contributed by atoms with E-state index in [1.54, 1.807) is 12.4 Å². The van der Waals surface area contributed by atoms with Gasteiger partial charge in [0.2, 0.25) is 5.91 Å². The average molecular weight is 267 g/mol. The van der Waals surface area contributed by atoms with Crippen molar-refractivity contribution in [2.45, 2.75) is 19.4 Å². The second kappa shape index (κ2) is 5.33. The monoisotopic (exact) mass is 267 g/mol. The third-order valence-electron chi connectivity index (χ3n) is 3.73. The Morgan fingerprint density at radius 3 is 3.00 bits per heavy atom. The fourth-order valence-electron chi connectivity index (χ4n) is 2.64. The second-order valence-electron chi connectivity index (χ2n) is 5.09. The third kappa shape index (κ3) is 2.50. The topological polar surface area (TPSA) is 59.2 Å². The van der Waals surface area contributed by atoms with E-state index in [-0.39, 0.29) is 5.91 Å². The second-order valence-corrected chi connectivity index (χ2v) is 5.09. The molecule has 0 fully saturated rings. The molecule has 1 aliphatic heterocycles. The van der Waals surface area contributed by atoms with Crippen LogP contribution < -0.4 is 5.73 Å². The molecule has 2 aromatic rings. The molecule has 1 aromatic carbocycles. The number of benzene rings is 1. The van der Waals surface area contributed by atoms with Crippen molar-refractivity contribution in [3.05, 3.63) is 59.4 Å². The Labute approximate surface area is 118 Å². The van der Waals surface area contributed by atoms with Crippen LogP contribution in [0.5, 0.6) is 0 Å². The van der Waals surface area contributed by atoms with Crippen LogP contribution in [0.25, 0.3) is 0 Å². The number of amides is 1. The standard InChI is InChI=1S/C16H17N3O/c17-15-5-1-4-13-11-19(8-6-14(13)15)16(20)9-12-3-2-7-18-10-12/h1-5,7,10H,6,8-9,11,17H2. The van der Waals surface area contributed by atoms with Crippen molar-refractivity contribution in [1.82, 2.24) is 9.88 Å². The number of hydrogen-bond acceptors (Lipinski definition) is 3. The maximum atomic E-state index is 12.3. The number of fused-ring (bicyclic) bond motifs is 1. The van der Waals surface area contributed by atoms with Gasteiger partial charge in [-0.2, -0.15) is 0 Å². The van der Waals surface area contributed by atoms with Crippen molar-refractivity contribution >= 4 is 11.6 Å². The van der Waals surface area contributed by atoms with Gasteiger partial charge < -0.3 is 10.6 Å². The molecule has 0 unspecified atom stereocenters. The molecule has 2 heterocycles. The summed E-state index contributed by atoms with van der Waals surface area (Å²) < 4.78 is 0.